The largest absolute Gasteiger partial charge is 0.451 e. The normalized spacial score (nSPS) is 16.6. The number of nitrogens with zero attached hydrogens (tertiary/aromatic N) is 4. The molecular formula is C18H12N4O2S. The molecule has 0 amide bonds. The Labute approximate surface area is 146 Å². The molecule has 0 radical (unpaired) electrons. The first-order valence-electron chi connectivity index (χ1n) is 7.86. The molecule has 0 N–H and O–H groups in total. The van der Waals surface area contributed by atoms with Crippen LogP contribution in [0.15, 0.2) is 54.6 Å². The average molecular weight is 348 g/mol. The Bertz CT molecular complexity index is 1090. The van der Waals surface area contributed by atoms with E-state index < -0.39 is 6.10 Å². The number of carbonyl (C=O) groups is 1. The quantitative estimate of drug-likeness (QED) is 0.520. The molecule has 1 atom stereocenters. The molecule has 0 saturated carbocycles. The summed E-state index contributed by atoms with van der Waals surface area (Å²) in [5.41, 5.74) is 2.56. The fourth-order valence-corrected chi connectivity index (χ4v) is 3.87. The summed E-state index contributed by atoms with van der Waals surface area (Å²) < 4.78 is 7.30. The fourth-order valence-electron chi connectivity index (χ4n) is 3.00. The van der Waals surface area contributed by atoms with E-state index in [-0.39, 0.29) is 5.97 Å². The maximum Gasteiger partial charge on any atom is 0.339 e. The van der Waals surface area contributed by atoms with E-state index in [1.54, 1.807) is 10.6 Å². The summed E-state index contributed by atoms with van der Waals surface area (Å²) in [5.74, 6) is 0.377. The molecule has 0 fully saturated rings. The van der Waals surface area contributed by atoms with Gasteiger partial charge in [-0.3, -0.25) is 0 Å². The molecule has 0 saturated heterocycles. The molecule has 4 aromatic rings. The van der Waals surface area contributed by atoms with Crippen molar-refractivity contribution >= 4 is 22.3 Å². The Morgan fingerprint density at radius 2 is 1.84 bits per heavy atom. The third kappa shape index (κ3) is 2.32. The van der Waals surface area contributed by atoms with Gasteiger partial charge >= 0.3 is 5.97 Å². The van der Waals surface area contributed by atoms with Crippen LogP contribution in [0.4, 0.5) is 0 Å². The maximum atomic E-state index is 12.2. The minimum absolute atomic E-state index is 0.305. The second-order valence-corrected chi connectivity index (χ2v) is 6.77. The van der Waals surface area contributed by atoms with E-state index in [1.165, 1.54) is 11.3 Å². The molecular weight excluding hydrogens is 336 g/mol. The van der Waals surface area contributed by atoms with Crippen LogP contribution in [0.1, 0.15) is 27.0 Å². The van der Waals surface area contributed by atoms with E-state index in [1.807, 2.05) is 48.5 Å². The van der Waals surface area contributed by atoms with Gasteiger partial charge in [0.25, 0.3) is 0 Å². The topological polar surface area (TPSA) is 69.4 Å². The van der Waals surface area contributed by atoms with Crippen LogP contribution >= 0.6 is 11.3 Å². The predicted molar refractivity (Wildman–Crippen MR) is 92.4 cm³/mol. The molecule has 3 heterocycles. The molecule has 1 aliphatic rings. The van der Waals surface area contributed by atoms with Gasteiger partial charge in [-0.25, -0.2) is 4.79 Å². The fraction of sp³-hybridized carbons (Fsp3) is 0.111. The average Bonchev–Trinajstić information content (AvgIpc) is 3.23. The summed E-state index contributed by atoms with van der Waals surface area (Å²) in [6.45, 7) is 0. The van der Waals surface area contributed by atoms with Crippen LogP contribution in [0.5, 0.6) is 0 Å². The molecule has 6 nitrogen and oxygen atoms in total. The van der Waals surface area contributed by atoms with Crippen LogP contribution in [-0.2, 0) is 11.2 Å². The van der Waals surface area contributed by atoms with Crippen molar-refractivity contribution < 1.29 is 9.53 Å². The summed E-state index contributed by atoms with van der Waals surface area (Å²) in [5, 5.41) is 13.8. The van der Waals surface area contributed by atoms with Crippen molar-refractivity contribution in [2.75, 3.05) is 0 Å². The van der Waals surface area contributed by atoms with E-state index in [4.69, 9.17) is 4.74 Å². The van der Waals surface area contributed by atoms with Crippen molar-refractivity contribution in [3.63, 3.8) is 0 Å². The van der Waals surface area contributed by atoms with E-state index in [0.717, 1.165) is 16.1 Å². The molecule has 0 aliphatic carbocycles. The minimum Gasteiger partial charge on any atom is -0.451 e. The van der Waals surface area contributed by atoms with E-state index in [0.29, 0.717) is 22.8 Å². The number of hydrogen-bond acceptors (Lipinski definition) is 6. The van der Waals surface area contributed by atoms with Gasteiger partial charge in [0.15, 0.2) is 16.9 Å². The summed E-state index contributed by atoms with van der Waals surface area (Å²) in [6, 6.07) is 17.3. The van der Waals surface area contributed by atoms with Crippen LogP contribution < -0.4 is 0 Å². The Kier molecular flexibility index (Phi) is 3.14. The Morgan fingerprint density at radius 3 is 2.72 bits per heavy atom. The Balaban J connectivity index is 1.55. The van der Waals surface area contributed by atoms with E-state index in [9.17, 15) is 4.79 Å². The van der Waals surface area contributed by atoms with E-state index >= 15 is 0 Å². The van der Waals surface area contributed by atoms with Crippen molar-refractivity contribution in [2.45, 2.75) is 12.5 Å². The van der Waals surface area contributed by atoms with Crippen LogP contribution in [0.25, 0.3) is 16.3 Å². The zero-order valence-corrected chi connectivity index (χ0v) is 13.8. The molecule has 7 heteroatoms. The number of esters is 1. The first kappa shape index (κ1) is 14.3. The number of rotatable bonds is 2. The molecule has 122 valence electrons. The van der Waals surface area contributed by atoms with Gasteiger partial charge < -0.3 is 4.74 Å². The Morgan fingerprint density at radius 1 is 1.04 bits per heavy atom. The van der Waals surface area contributed by atoms with Gasteiger partial charge in [-0.1, -0.05) is 59.9 Å². The van der Waals surface area contributed by atoms with Crippen molar-refractivity contribution in [3.05, 3.63) is 70.7 Å². The highest BCUT2D eigenvalue weighted by Crippen LogP contribution is 2.33. The second-order valence-electron chi connectivity index (χ2n) is 5.78. The van der Waals surface area contributed by atoms with Gasteiger partial charge in [0.2, 0.25) is 4.96 Å². The van der Waals surface area contributed by atoms with Crippen molar-refractivity contribution in [2.24, 2.45) is 0 Å². The third-order valence-corrected chi connectivity index (χ3v) is 5.20. The molecule has 2 aromatic heterocycles. The zero-order valence-electron chi connectivity index (χ0n) is 13.0. The van der Waals surface area contributed by atoms with Gasteiger partial charge in [-0.2, -0.15) is 9.61 Å². The highest BCUT2D eigenvalue weighted by molar-refractivity contribution is 7.16. The first-order valence-corrected chi connectivity index (χ1v) is 8.68. The minimum atomic E-state index is -0.391. The Hall–Kier alpha value is -3.06. The summed E-state index contributed by atoms with van der Waals surface area (Å²) in [6.07, 6.45) is 0.227. The number of hydrogen-bond donors (Lipinski definition) is 0. The summed E-state index contributed by atoms with van der Waals surface area (Å²) in [4.78, 5) is 12.9. The maximum absolute atomic E-state index is 12.2. The molecule has 5 rings (SSSR count). The number of carbonyl (C=O) groups excluding carboxylic acids is 1. The molecule has 0 spiro atoms. The molecule has 0 bridgehead atoms. The zero-order chi connectivity index (χ0) is 16.8. The van der Waals surface area contributed by atoms with Crippen molar-refractivity contribution in [3.8, 4) is 11.4 Å². The molecule has 25 heavy (non-hydrogen) atoms. The van der Waals surface area contributed by atoms with Crippen LogP contribution in [0.2, 0.25) is 0 Å². The van der Waals surface area contributed by atoms with Gasteiger partial charge in [0, 0.05) is 12.0 Å². The van der Waals surface area contributed by atoms with Gasteiger partial charge in [-0.05, 0) is 11.6 Å². The standard InChI is InChI=1S/C18H12N4O2S/c23-17-13-9-5-4-8-12(13)10-14(24-17)16-21-22-15(19-20-18(22)25-16)11-6-2-1-3-7-11/h1-9,14H,10H2/t14-/m0/s1. The van der Waals surface area contributed by atoms with Crippen LogP contribution in [0.3, 0.4) is 0 Å². The smallest absolute Gasteiger partial charge is 0.339 e. The number of ether oxygens (including phenoxy) is 1. The molecule has 1 aliphatic heterocycles. The molecule has 0 unspecified atom stereocenters. The number of benzene rings is 2. The summed E-state index contributed by atoms with van der Waals surface area (Å²) >= 11 is 1.40. The lowest BCUT2D eigenvalue weighted by atomic mass is 9.99. The SMILES string of the molecule is O=C1O[C@H](c2nn3c(-c4ccccc4)nnc3s2)Cc2ccccc21. The second kappa shape index (κ2) is 5.49. The van der Waals surface area contributed by atoms with Gasteiger partial charge in [0.05, 0.1) is 5.56 Å². The van der Waals surface area contributed by atoms with E-state index in [2.05, 4.69) is 15.3 Å². The molecule has 2 aromatic carbocycles. The highest BCUT2D eigenvalue weighted by atomic mass is 32.1. The number of fused-ring (bicyclic) bond motifs is 2. The van der Waals surface area contributed by atoms with Gasteiger partial charge in [0.1, 0.15) is 0 Å². The monoisotopic (exact) mass is 348 g/mol. The number of aromatic nitrogens is 4. The van der Waals surface area contributed by atoms with Crippen molar-refractivity contribution in [1.82, 2.24) is 19.8 Å². The van der Waals surface area contributed by atoms with Crippen LogP contribution in [0, 0.1) is 0 Å². The summed E-state index contributed by atoms with van der Waals surface area (Å²) in [7, 11) is 0. The predicted octanol–water partition coefficient (Wildman–Crippen LogP) is 3.31. The third-order valence-electron chi connectivity index (χ3n) is 4.21. The lowest BCUT2D eigenvalue weighted by Gasteiger charge is -2.22. The van der Waals surface area contributed by atoms with Crippen molar-refractivity contribution in [1.29, 1.82) is 0 Å². The van der Waals surface area contributed by atoms with Crippen LogP contribution in [-0.4, -0.2) is 25.8 Å². The lowest BCUT2D eigenvalue weighted by Crippen LogP contribution is -2.21. The number of cyclic esters (lactones) is 1. The lowest BCUT2D eigenvalue weighted by molar-refractivity contribution is 0.0250. The first-order chi connectivity index (χ1) is 12.3. The van der Waals surface area contributed by atoms with Gasteiger partial charge in [-0.15, -0.1) is 10.2 Å². The highest BCUT2D eigenvalue weighted by Gasteiger charge is 2.30.